The lowest BCUT2D eigenvalue weighted by molar-refractivity contribution is 0.277. The molecule has 2 rings (SSSR count). The lowest BCUT2D eigenvalue weighted by atomic mass is 10.1. The van der Waals surface area contributed by atoms with Crippen molar-refractivity contribution in [3.05, 3.63) is 41.2 Å². The van der Waals surface area contributed by atoms with Gasteiger partial charge in [0.25, 0.3) is 0 Å². The summed E-state index contributed by atoms with van der Waals surface area (Å²) < 4.78 is 39.5. The summed E-state index contributed by atoms with van der Waals surface area (Å²) >= 11 is 0. The third kappa shape index (κ3) is 2.86. The van der Waals surface area contributed by atoms with Crippen molar-refractivity contribution in [1.29, 1.82) is 0 Å². The molecule has 1 aliphatic rings. The zero-order valence-electron chi connectivity index (χ0n) is 10.6. The zero-order chi connectivity index (χ0) is 14.0. The van der Waals surface area contributed by atoms with Gasteiger partial charge in [-0.3, -0.25) is 0 Å². The van der Waals surface area contributed by atoms with Crippen molar-refractivity contribution in [2.75, 3.05) is 13.1 Å². The molecular weight excluding hydrogens is 269 g/mol. The van der Waals surface area contributed by atoms with Crippen LogP contribution in [-0.2, 0) is 16.6 Å². The molecule has 0 saturated carbocycles. The van der Waals surface area contributed by atoms with Crippen molar-refractivity contribution in [2.45, 2.75) is 24.8 Å². The molecule has 0 atom stereocenters. The van der Waals surface area contributed by atoms with Gasteiger partial charge in [0.15, 0.2) is 0 Å². The van der Waals surface area contributed by atoms with Gasteiger partial charge in [-0.05, 0) is 31.0 Å². The van der Waals surface area contributed by atoms with E-state index in [1.807, 2.05) is 13.0 Å². The first kappa shape index (κ1) is 14.2. The average molecular weight is 285 g/mol. The predicted octanol–water partition coefficient (Wildman–Crippen LogP) is 1.66. The van der Waals surface area contributed by atoms with E-state index in [4.69, 9.17) is 0 Å². The number of sulfonamides is 1. The molecule has 1 aromatic rings. The van der Waals surface area contributed by atoms with Crippen LogP contribution in [0.15, 0.2) is 34.7 Å². The van der Waals surface area contributed by atoms with Crippen LogP contribution >= 0.6 is 0 Å². The lowest BCUT2D eigenvalue weighted by Gasteiger charge is -2.25. The fourth-order valence-corrected chi connectivity index (χ4v) is 3.61. The molecule has 0 saturated heterocycles. The predicted molar refractivity (Wildman–Crippen MR) is 69.5 cm³/mol. The zero-order valence-corrected chi connectivity index (χ0v) is 11.5. The van der Waals surface area contributed by atoms with Gasteiger partial charge in [-0.1, -0.05) is 17.7 Å². The topological polar surface area (TPSA) is 57.6 Å². The first-order valence-corrected chi connectivity index (χ1v) is 7.44. The number of rotatable bonds is 3. The third-order valence-electron chi connectivity index (χ3n) is 3.22. The maximum absolute atomic E-state index is 13.3. The van der Waals surface area contributed by atoms with Crippen LogP contribution in [0.4, 0.5) is 4.39 Å². The second kappa shape index (κ2) is 5.40. The smallest absolute Gasteiger partial charge is 0.243 e. The second-order valence-electron chi connectivity index (χ2n) is 4.57. The molecule has 1 aliphatic heterocycles. The summed E-state index contributed by atoms with van der Waals surface area (Å²) in [4.78, 5) is -0.150. The molecule has 0 fully saturated rings. The van der Waals surface area contributed by atoms with Crippen LogP contribution < -0.4 is 0 Å². The van der Waals surface area contributed by atoms with E-state index >= 15 is 0 Å². The van der Waals surface area contributed by atoms with E-state index in [1.54, 1.807) is 0 Å². The van der Waals surface area contributed by atoms with Crippen LogP contribution in [-0.4, -0.2) is 30.9 Å². The summed E-state index contributed by atoms with van der Waals surface area (Å²) in [5, 5.41) is 9.20. The maximum atomic E-state index is 13.3. The van der Waals surface area contributed by atoms with Gasteiger partial charge in [0.1, 0.15) is 5.82 Å². The van der Waals surface area contributed by atoms with Crippen molar-refractivity contribution in [1.82, 2.24) is 4.31 Å². The minimum absolute atomic E-state index is 0.150. The van der Waals surface area contributed by atoms with E-state index in [2.05, 4.69) is 0 Å². The second-order valence-corrected chi connectivity index (χ2v) is 6.48. The van der Waals surface area contributed by atoms with E-state index in [0.717, 1.165) is 17.7 Å². The molecule has 0 bridgehead atoms. The molecule has 4 nitrogen and oxygen atoms in total. The minimum atomic E-state index is -3.76. The molecule has 0 aromatic heterocycles. The van der Waals surface area contributed by atoms with Crippen LogP contribution in [0.1, 0.15) is 18.9 Å². The summed E-state index contributed by atoms with van der Waals surface area (Å²) in [5.41, 5.74) is 1.36. The van der Waals surface area contributed by atoms with Gasteiger partial charge < -0.3 is 5.11 Å². The highest BCUT2D eigenvalue weighted by atomic mass is 32.2. The van der Waals surface area contributed by atoms with Gasteiger partial charge in [0, 0.05) is 13.1 Å². The monoisotopic (exact) mass is 285 g/mol. The van der Waals surface area contributed by atoms with E-state index in [9.17, 15) is 17.9 Å². The van der Waals surface area contributed by atoms with Crippen molar-refractivity contribution < 1.29 is 17.9 Å². The fraction of sp³-hybridized carbons (Fsp3) is 0.385. The highest BCUT2D eigenvalue weighted by molar-refractivity contribution is 7.89. The number of benzene rings is 1. The van der Waals surface area contributed by atoms with E-state index < -0.39 is 22.4 Å². The molecule has 1 aromatic carbocycles. The number of hydrogen-bond acceptors (Lipinski definition) is 3. The van der Waals surface area contributed by atoms with E-state index in [-0.39, 0.29) is 17.0 Å². The first-order chi connectivity index (χ1) is 8.95. The summed E-state index contributed by atoms with van der Waals surface area (Å²) in [6.07, 6.45) is 2.52. The molecule has 0 unspecified atom stereocenters. The Bertz CT molecular complexity index is 610. The standard InChI is InChI=1S/C13H16FNO3S/c1-10-4-6-15(7-5-10)19(17,18)13-8-12(14)3-2-11(13)9-16/h2-4,8,16H,5-7,9H2,1H3. The highest BCUT2D eigenvalue weighted by Crippen LogP contribution is 2.24. The number of aliphatic hydroxyl groups is 1. The van der Waals surface area contributed by atoms with Gasteiger partial charge >= 0.3 is 0 Å². The third-order valence-corrected chi connectivity index (χ3v) is 5.16. The van der Waals surface area contributed by atoms with Crippen molar-refractivity contribution in [3.8, 4) is 0 Å². The SMILES string of the molecule is CC1=CCN(S(=O)(=O)c2cc(F)ccc2CO)CC1. The summed E-state index contributed by atoms with van der Waals surface area (Å²) in [6.45, 7) is 2.18. The molecule has 0 amide bonds. The molecule has 1 N–H and O–H groups in total. The van der Waals surface area contributed by atoms with Crippen LogP contribution in [0.3, 0.4) is 0 Å². The Morgan fingerprint density at radius 1 is 1.42 bits per heavy atom. The first-order valence-electron chi connectivity index (χ1n) is 6.00. The molecule has 0 spiro atoms. The van der Waals surface area contributed by atoms with Crippen LogP contribution in [0.2, 0.25) is 0 Å². The van der Waals surface area contributed by atoms with Crippen LogP contribution in [0, 0.1) is 5.82 Å². The normalized spacial score (nSPS) is 17.3. The van der Waals surface area contributed by atoms with Crippen molar-refractivity contribution in [2.24, 2.45) is 0 Å². The molecule has 0 aliphatic carbocycles. The van der Waals surface area contributed by atoms with Crippen molar-refractivity contribution in [3.63, 3.8) is 0 Å². The molecular formula is C13H16FNO3S. The molecule has 104 valence electrons. The van der Waals surface area contributed by atoms with Gasteiger partial charge in [-0.15, -0.1) is 0 Å². The fourth-order valence-electron chi connectivity index (χ4n) is 2.01. The Labute approximate surface area is 112 Å². The van der Waals surface area contributed by atoms with Gasteiger partial charge in [0.05, 0.1) is 11.5 Å². The number of nitrogens with zero attached hydrogens (tertiary/aromatic N) is 1. The summed E-state index contributed by atoms with van der Waals surface area (Å²) in [7, 11) is -3.76. The van der Waals surface area contributed by atoms with Gasteiger partial charge in [-0.25, -0.2) is 12.8 Å². The molecule has 1 heterocycles. The van der Waals surface area contributed by atoms with E-state index in [0.29, 0.717) is 13.0 Å². The number of halogens is 1. The number of aliphatic hydroxyl groups excluding tert-OH is 1. The Kier molecular flexibility index (Phi) is 4.03. The maximum Gasteiger partial charge on any atom is 0.243 e. The van der Waals surface area contributed by atoms with Crippen LogP contribution in [0.5, 0.6) is 0 Å². The Hall–Kier alpha value is -1.24. The largest absolute Gasteiger partial charge is 0.392 e. The summed E-state index contributed by atoms with van der Waals surface area (Å²) in [5.74, 6) is -0.625. The Balaban J connectivity index is 2.42. The summed E-state index contributed by atoms with van der Waals surface area (Å²) in [6, 6.07) is 3.41. The number of hydrogen-bond donors (Lipinski definition) is 1. The van der Waals surface area contributed by atoms with E-state index in [1.165, 1.54) is 10.4 Å². The molecule has 19 heavy (non-hydrogen) atoms. The quantitative estimate of drug-likeness (QED) is 0.859. The van der Waals surface area contributed by atoms with Crippen LogP contribution in [0.25, 0.3) is 0 Å². The average Bonchev–Trinajstić information content (AvgIpc) is 2.39. The minimum Gasteiger partial charge on any atom is -0.392 e. The Morgan fingerprint density at radius 2 is 2.16 bits per heavy atom. The van der Waals surface area contributed by atoms with Crippen molar-refractivity contribution >= 4 is 10.0 Å². The van der Waals surface area contributed by atoms with Gasteiger partial charge in [0.2, 0.25) is 10.0 Å². The Morgan fingerprint density at radius 3 is 2.74 bits per heavy atom. The van der Waals surface area contributed by atoms with Gasteiger partial charge in [-0.2, -0.15) is 4.31 Å². The lowest BCUT2D eigenvalue weighted by Crippen LogP contribution is -2.35. The highest BCUT2D eigenvalue weighted by Gasteiger charge is 2.27. The molecule has 0 radical (unpaired) electrons. The molecule has 6 heteroatoms.